The van der Waals surface area contributed by atoms with E-state index in [0.29, 0.717) is 12.2 Å². The van der Waals surface area contributed by atoms with Crippen LogP contribution in [0.4, 0.5) is 5.82 Å². The van der Waals surface area contributed by atoms with Gasteiger partial charge < -0.3 is 10.5 Å². The number of hydrogen-bond acceptors (Lipinski definition) is 5. The van der Waals surface area contributed by atoms with Crippen molar-refractivity contribution in [3.05, 3.63) is 23.9 Å². The van der Waals surface area contributed by atoms with Crippen LogP contribution in [0.25, 0.3) is 5.69 Å². The minimum absolute atomic E-state index is 0.158. The Morgan fingerprint density at radius 3 is 2.67 bits per heavy atom. The first-order valence-electron chi connectivity index (χ1n) is 7.08. The van der Waals surface area contributed by atoms with E-state index in [1.807, 2.05) is 31.6 Å². The number of rotatable bonds is 5. The monoisotopic (exact) mass is 291 g/mol. The number of carbonyl (C=O) groups excluding carboxylic acids is 1. The van der Waals surface area contributed by atoms with Gasteiger partial charge >= 0.3 is 5.97 Å². The molecule has 114 valence electrons. The third-order valence-electron chi connectivity index (χ3n) is 3.14. The molecule has 0 radical (unpaired) electrons. The second-order valence-electron chi connectivity index (χ2n) is 4.94. The van der Waals surface area contributed by atoms with Gasteiger partial charge in [-0.25, -0.2) is 9.78 Å². The Kier molecular flexibility index (Phi) is 4.30. The minimum Gasteiger partial charge on any atom is -0.461 e. The summed E-state index contributed by atoms with van der Waals surface area (Å²) in [6, 6.07) is 0.248. The third kappa shape index (κ3) is 2.76. The molecule has 0 aliphatic carbocycles. The quantitative estimate of drug-likeness (QED) is 0.851. The Morgan fingerprint density at radius 2 is 2.14 bits per heavy atom. The van der Waals surface area contributed by atoms with Gasteiger partial charge in [0.25, 0.3) is 0 Å². The van der Waals surface area contributed by atoms with Crippen molar-refractivity contribution < 1.29 is 9.53 Å². The van der Waals surface area contributed by atoms with Crippen LogP contribution < -0.4 is 5.73 Å². The number of nitrogen functional groups attached to an aromatic ring is 1. The normalized spacial score (nSPS) is 11.1. The number of nitrogens with zero attached hydrogens (tertiary/aromatic N) is 4. The predicted octanol–water partition coefficient (Wildman–Crippen LogP) is 1.97. The van der Waals surface area contributed by atoms with E-state index in [0.717, 1.165) is 5.69 Å². The molecule has 2 heterocycles. The van der Waals surface area contributed by atoms with Gasteiger partial charge in [-0.2, -0.15) is 5.10 Å². The Morgan fingerprint density at radius 1 is 1.43 bits per heavy atom. The van der Waals surface area contributed by atoms with E-state index in [1.165, 1.54) is 0 Å². The van der Waals surface area contributed by atoms with Crippen LogP contribution in [0.5, 0.6) is 0 Å². The lowest BCUT2D eigenvalue weighted by Crippen LogP contribution is -2.09. The molecule has 2 aromatic heterocycles. The first-order chi connectivity index (χ1) is 9.99. The van der Waals surface area contributed by atoms with E-state index in [1.54, 1.807) is 17.7 Å². The molecular weight excluding hydrogens is 270 g/mol. The summed E-state index contributed by atoms with van der Waals surface area (Å²) in [5, 5.41) is 4.30. The number of ether oxygens (including phenoxy) is 1. The maximum absolute atomic E-state index is 11.9. The standard InChI is InChI=1S/C14H21N5O2/c1-5-11-17-12(14(20)21-6-2)13(15)19(11)10-7-16-18(8-10)9(3)4/h7-9H,5-6,15H2,1-4H3. The maximum Gasteiger partial charge on any atom is 0.360 e. The van der Waals surface area contributed by atoms with Crippen molar-refractivity contribution in [2.45, 2.75) is 40.2 Å². The fourth-order valence-corrected chi connectivity index (χ4v) is 2.08. The van der Waals surface area contributed by atoms with Gasteiger partial charge in [0, 0.05) is 18.7 Å². The van der Waals surface area contributed by atoms with Crippen LogP contribution >= 0.6 is 0 Å². The molecule has 0 spiro atoms. The van der Waals surface area contributed by atoms with Crippen molar-refractivity contribution in [1.82, 2.24) is 19.3 Å². The molecule has 7 nitrogen and oxygen atoms in total. The number of imidazole rings is 1. The largest absolute Gasteiger partial charge is 0.461 e. The van der Waals surface area contributed by atoms with Crippen LogP contribution in [0.3, 0.4) is 0 Å². The molecule has 2 N–H and O–H groups in total. The molecule has 0 fully saturated rings. The lowest BCUT2D eigenvalue weighted by molar-refractivity contribution is 0.0521. The molecule has 0 aliphatic heterocycles. The minimum atomic E-state index is -0.500. The summed E-state index contributed by atoms with van der Waals surface area (Å²) in [6.45, 7) is 8.08. The summed E-state index contributed by atoms with van der Waals surface area (Å²) < 4.78 is 8.57. The molecule has 0 saturated heterocycles. The van der Waals surface area contributed by atoms with Crippen LogP contribution in [0, 0.1) is 0 Å². The van der Waals surface area contributed by atoms with Crippen molar-refractivity contribution in [1.29, 1.82) is 0 Å². The summed E-state index contributed by atoms with van der Waals surface area (Å²) in [6.07, 6.45) is 4.25. The van der Waals surface area contributed by atoms with Crippen LogP contribution in [0.2, 0.25) is 0 Å². The van der Waals surface area contributed by atoms with Crippen LogP contribution in [0.15, 0.2) is 12.4 Å². The molecule has 0 bridgehead atoms. The van der Waals surface area contributed by atoms with Crippen molar-refractivity contribution in [3.63, 3.8) is 0 Å². The van der Waals surface area contributed by atoms with Crippen molar-refractivity contribution in [2.75, 3.05) is 12.3 Å². The molecule has 0 unspecified atom stereocenters. The Hall–Kier alpha value is -2.31. The van der Waals surface area contributed by atoms with E-state index in [-0.39, 0.29) is 24.2 Å². The number of aryl methyl sites for hydroxylation is 1. The number of hydrogen-bond donors (Lipinski definition) is 1. The van der Waals surface area contributed by atoms with Crippen LogP contribution in [0.1, 0.15) is 50.0 Å². The molecule has 2 rings (SSSR count). The second kappa shape index (κ2) is 5.99. The van der Waals surface area contributed by atoms with Gasteiger partial charge in [0.15, 0.2) is 5.69 Å². The Labute approximate surface area is 123 Å². The highest BCUT2D eigenvalue weighted by Gasteiger charge is 2.22. The molecule has 0 aliphatic rings. The molecule has 0 aromatic carbocycles. The average molecular weight is 291 g/mol. The van der Waals surface area contributed by atoms with E-state index in [9.17, 15) is 4.79 Å². The lowest BCUT2D eigenvalue weighted by Gasteiger charge is -2.06. The molecule has 7 heteroatoms. The molecular formula is C14H21N5O2. The summed E-state index contributed by atoms with van der Waals surface area (Å²) in [4.78, 5) is 16.2. The van der Waals surface area contributed by atoms with Gasteiger partial charge in [-0.05, 0) is 20.8 Å². The van der Waals surface area contributed by atoms with Crippen LogP contribution in [-0.2, 0) is 11.2 Å². The highest BCUT2D eigenvalue weighted by molar-refractivity contribution is 5.92. The topological polar surface area (TPSA) is 88.0 Å². The zero-order valence-electron chi connectivity index (χ0n) is 12.8. The van der Waals surface area contributed by atoms with E-state index >= 15 is 0 Å². The second-order valence-corrected chi connectivity index (χ2v) is 4.94. The Balaban J connectivity index is 2.49. The fourth-order valence-electron chi connectivity index (χ4n) is 2.08. The van der Waals surface area contributed by atoms with Gasteiger partial charge in [-0.1, -0.05) is 6.92 Å². The SMILES string of the molecule is CCOC(=O)c1nc(CC)n(-c2cnn(C(C)C)c2)c1N. The fraction of sp³-hybridized carbons (Fsp3) is 0.500. The average Bonchev–Trinajstić information content (AvgIpc) is 3.03. The summed E-state index contributed by atoms with van der Waals surface area (Å²) in [7, 11) is 0. The predicted molar refractivity (Wildman–Crippen MR) is 79.5 cm³/mol. The molecule has 2 aromatic rings. The summed E-state index contributed by atoms with van der Waals surface area (Å²) in [5.74, 6) is 0.493. The smallest absolute Gasteiger partial charge is 0.360 e. The van der Waals surface area contributed by atoms with Crippen LogP contribution in [-0.4, -0.2) is 31.9 Å². The highest BCUT2D eigenvalue weighted by Crippen LogP contribution is 2.22. The molecule has 0 saturated carbocycles. The van der Waals surface area contributed by atoms with Gasteiger partial charge in [0.05, 0.1) is 18.5 Å². The molecule has 21 heavy (non-hydrogen) atoms. The Bertz CT molecular complexity index is 642. The van der Waals surface area contributed by atoms with Crippen molar-refractivity contribution >= 4 is 11.8 Å². The number of nitrogens with two attached hydrogens (primary N) is 1. The van der Waals surface area contributed by atoms with E-state index < -0.39 is 5.97 Å². The number of esters is 1. The third-order valence-corrected chi connectivity index (χ3v) is 3.14. The van der Waals surface area contributed by atoms with Gasteiger partial charge in [0.1, 0.15) is 11.6 Å². The first-order valence-corrected chi connectivity index (χ1v) is 7.08. The van der Waals surface area contributed by atoms with E-state index in [4.69, 9.17) is 10.5 Å². The molecule has 0 atom stereocenters. The number of anilines is 1. The van der Waals surface area contributed by atoms with Gasteiger partial charge in [-0.15, -0.1) is 0 Å². The maximum atomic E-state index is 11.9. The summed E-state index contributed by atoms with van der Waals surface area (Å²) in [5.41, 5.74) is 7.04. The lowest BCUT2D eigenvalue weighted by atomic mass is 10.4. The van der Waals surface area contributed by atoms with Gasteiger partial charge in [-0.3, -0.25) is 9.25 Å². The number of carbonyl (C=O) groups is 1. The van der Waals surface area contributed by atoms with Crippen molar-refractivity contribution in [3.8, 4) is 5.69 Å². The van der Waals surface area contributed by atoms with Crippen molar-refractivity contribution in [2.24, 2.45) is 0 Å². The number of aromatic nitrogens is 4. The highest BCUT2D eigenvalue weighted by atomic mass is 16.5. The van der Waals surface area contributed by atoms with E-state index in [2.05, 4.69) is 10.1 Å². The zero-order chi connectivity index (χ0) is 15.6. The first kappa shape index (κ1) is 15.1. The molecule has 0 amide bonds. The zero-order valence-corrected chi connectivity index (χ0v) is 12.8. The summed E-state index contributed by atoms with van der Waals surface area (Å²) >= 11 is 0. The van der Waals surface area contributed by atoms with Gasteiger partial charge in [0.2, 0.25) is 0 Å².